The number of carbonyl (C=O) groups is 3. The molecule has 1 spiro atoms. The summed E-state index contributed by atoms with van der Waals surface area (Å²) in [4.78, 5) is 44.2. The molecule has 0 saturated carbocycles. The lowest BCUT2D eigenvalue weighted by Gasteiger charge is -2.37. The van der Waals surface area contributed by atoms with E-state index in [2.05, 4.69) is 9.88 Å². The molecule has 3 aliphatic rings. The standard InChI is InChI=1S/C22H32N4O3.CH2O2/c1-24(15-18-5-4-8-23-14-18)17-20(27)26-11-6-22(7-12-26)13-19(29-21(22)28)16-25-9-2-3-10-25;2-1-3/h4-5,8,14,19H,2-3,6-7,9-13,15-17H2,1H3;1H,(H,2,3). The van der Waals surface area contributed by atoms with Crippen LogP contribution in [0.25, 0.3) is 0 Å². The summed E-state index contributed by atoms with van der Waals surface area (Å²) in [5.74, 6) is 0.0914. The number of likely N-dealkylation sites (N-methyl/N-ethyl adjacent to an activating group) is 1. The van der Waals surface area contributed by atoms with E-state index < -0.39 is 0 Å². The topological polar surface area (TPSA) is 103 Å². The van der Waals surface area contributed by atoms with E-state index in [0.717, 1.165) is 44.5 Å². The minimum absolute atomic E-state index is 0.0217. The number of hydrogen-bond acceptors (Lipinski definition) is 7. The van der Waals surface area contributed by atoms with E-state index >= 15 is 0 Å². The summed E-state index contributed by atoms with van der Waals surface area (Å²) in [6, 6.07) is 3.93. The molecule has 1 atom stereocenters. The Kier molecular flexibility index (Phi) is 8.58. The van der Waals surface area contributed by atoms with Crippen LogP contribution in [0.4, 0.5) is 0 Å². The molecule has 1 aromatic rings. The van der Waals surface area contributed by atoms with Crippen molar-refractivity contribution in [3.05, 3.63) is 30.1 Å². The Labute approximate surface area is 189 Å². The van der Waals surface area contributed by atoms with Gasteiger partial charge in [0.25, 0.3) is 6.47 Å². The Bertz CT molecular complexity index is 761. The van der Waals surface area contributed by atoms with E-state index in [1.165, 1.54) is 12.8 Å². The summed E-state index contributed by atoms with van der Waals surface area (Å²) < 4.78 is 5.75. The van der Waals surface area contributed by atoms with Crippen molar-refractivity contribution >= 4 is 18.3 Å². The fourth-order valence-electron chi connectivity index (χ4n) is 4.97. The van der Waals surface area contributed by atoms with Gasteiger partial charge >= 0.3 is 5.97 Å². The molecule has 0 bridgehead atoms. The van der Waals surface area contributed by atoms with E-state index in [-0.39, 0.29) is 29.9 Å². The van der Waals surface area contributed by atoms with Crippen LogP contribution in [0.3, 0.4) is 0 Å². The second-order valence-electron chi connectivity index (χ2n) is 9.04. The number of ether oxygens (including phenoxy) is 1. The molecule has 1 unspecified atom stereocenters. The molecule has 9 nitrogen and oxygen atoms in total. The van der Waals surface area contributed by atoms with Crippen molar-refractivity contribution in [3.63, 3.8) is 0 Å². The lowest BCUT2D eigenvalue weighted by molar-refractivity contribution is -0.153. The van der Waals surface area contributed by atoms with Gasteiger partial charge in [0, 0.05) is 45.0 Å². The number of pyridine rings is 1. The smallest absolute Gasteiger partial charge is 0.312 e. The summed E-state index contributed by atoms with van der Waals surface area (Å²) in [5.41, 5.74) is 0.723. The quantitative estimate of drug-likeness (QED) is 0.514. The van der Waals surface area contributed by atoms with Crippen LogP contribution in [-0.2, 0) is 25.7 Å². The van der Waals surface area contributed by atoms with Gasteiger partial charge in [-0.15, -0.1) is 0 Å². The predicted octanol–water partition coefficient (Wildman–Crippen LogP) is 1.23. The minimum Gasteiger partial charge on any atom is -0.483 e. The number of carbonyl (C=O) groups excluding carboxylic acids is 2. The van der Waals surface area contributed by atoms with Crippen molar-refractivity contribution < 1.29 is 24.2 Å². The van der Waals surface area contributed by atoms with E-state index in [4.69, 9.17) is 14.6 Å². The largest absolute Gasteiger partial charge is 0.483 e. The second kappa shape index (κ2) is 11.4. The van der Waals surface area contributed by atoms with Gasteiger partial charge in [0.15, 0.2) is 0 Å². The number of rotatable bonds is 6. The summed E-state index contributed by atoms with van der Waals surface area (Å²) in [5, 5.41) is 6.89. The molecule has 176 valence electrons. The molecule has 0 aliphatic carbocycles. The monoisotopic (exact) mass is 446 g/mol. The van der Waals surface area contributed by atoms with Gasteiger partial charge in [0.1, 0.15) is 6.10 Å². The zero-order chi connectivity index (χ0) is 23.0. The van der Waals surface area contributed by atoms with Crippen molar-refractivity contribution in [2.45, 2.75) is 44.8 Å². The molecule has 3 fully saturated rings. The van der Waals surface area contributed by atoms with Gasteiger partial charge in [-0.2, -0.15) is 0 Å². The highest BCUT2D eigenvalue weighted by Crippen LogP contribution is 2.43. The van der Waals surface area contributed by atoms with E-state index in [9.17, 15) is 9.59 Å². The van der Waals surface area contributed by atoms with Crippen molar-refractivity contribution in [3.8, 4) is 0 Å². The number of esters is 1. The van der Waals surface area contributed by atoms with Crippen LogP contribution < -0.4 is 0 Å². The van der Waals surface area contributed by atoms with Crippen molar-refractivity contribution in [2.75, 3.05) is 46.3 Å². The third-order valence-corrected chi connectivity index (χ3v) is 6.64. The number of carboxylic acid groups (broad SMARTS) is 1. The van der Waals surface area contributed by atoms with Gasteiger partial charge < -0.3 is 14.7 Å². The van der Waals surface area contributed by atoms with Crippen molar-refractivity contribution in [2.24, 2.45) is 5.41 Å². The summed E-state index contributed by atoms with van der Waals surface area (Å²) >= 11 is 0. The van der Waals surface area contributed by atoms with E-state index in [0.29, 0.717) is 26.2 Å². The molecule has 3 aliphatic heterocycles. The third-order valence-electron chi connectivity index (χ3n) is 6.64. The average molecular weight is 447 g/mol. The fourth-order valence-corrected chi connectivity index (χ4v) is 4.97. The Balaban J connectivity index is 0.000000913. The molecule has 1 amide bonds. The molecule has 0 aromatic carbocycles. The summed E-state index contributed by atoms with van der Waals surface area (Å²) in [6.45, 7) is 5.23. The lowest BCUT2D eigenvalue weighted by atomic mass is 9.76. The Hall–Kier alpha value is -2.52. The van der Waals surface area contributed by atoms with Gasteiger partial charge in [-0.05, 0) is 57.5 Å². The van der Waals surface area contributed by atoms with Crippen LogP contribution in [-0.4, -0.2) is 95.6 Å². The fraction of sp³-hybridized carbons (Fsp3) is 0.652. The van der Waals surface area contributed by atoms with E-state index in [1.807, 2.05) is 35.2 Å². The van der Waals surface area contributed by atoms with Crippen LogP contribution in [0, 0.1) is 5.41 Å². The highest BCUT2D eigenvalue weighted by molar-refractivity contribution is 5.81. The van der Waals surface area contributed by atoms with Crippen molar-refractivity contribution in [1.29, 1.82) is 0 Å². The van der Waals surface area contributed by atoms with Gasteiger partial charge in [0.05, 0.1) is 12.0 Å². The maximum absolute atomic E-state index is 12.7. The highest BCUT2D eigenvalue weighted by Gasteiger charge is 2.51. The number of hydrogen-bond donors (Lipinski definition) is 1. The zero-order valence-corrected chi connectivity index (χ0v) is 18.8. The molecular weight excluding hydrogens is 412 g/mol. The first-order valence-electron chi connectivity index (χ1n) is 11.3. The number of cyclic esters (lactones) is 1. The molecular formula is C23H34N4O5. The van der Waals surface area contributed by atoms with Crippen LogP contribution >= 0.6 is 0 Å². The molecule has 4 rings (SSSR count). The first-order chi connectivity index (χ1) is 15.5. The molecule has 3 saturated heterocycles. The summed E-state index contributed by atoms with van der Waals surface area (Å²) in [6.07, 6.45) is 8.36. The van der Waals surface area contributed by atoms with E-state index in [1.54, 1.807) is 6.20 Å². The highest BCUT2D eigenvalue weighted by atomic mass is 16.6. The number of aromatic nitrogens is 1. The summed E-state index contributed by atoms with van der Waals surface area (Å²) in [7, 11) is 1.95. The van der Waals surface area contributed by atoms with Gasteiger partial charge in [-0.3, -0.25) is 29.2 Å². The maximum atomic E-state index is 12.7. The van der Waals surface area contributed by atoms with Gasteiger partial charge in [-0.1, -0.05) is 6.07 Å². The number of nitrogens with zero attached hydrogens (tertiary/aromatic N) is 4. The zero-order valence-electron chi connectivity index (χ0n) is 18.8. The second-order valence-corrected chi connectivity index (χ2v) is 9.04. The molecule has 9 heteroatoms. The third kappa shape index (κ3) is 6.26. The van der Waals surface area contributed by atoms with Crippen LogP contribution in [0.2, 0.25) is 0 Å². The van der Waals surface area contributed by atoms with Gasteiger partial charge in [0.2, 0.25) is 5.91 Å². The maximum Gasteiger partial charge on any atom is 0.312 e. The van der Waals surface area contributed by atoms with Crippen LogP contribution in [0.5, 0.6) is 0 Å². The lowest BCUT2D eigenvalue weighted by Crippen LogP contribution is -2.47. The first kappa shape index (κ1) is 24.1. The van der Waals surface area contributed by atoms with Crippen molar-refractivity contribution in [1.82, 2.24) is 19.7 Å². The molecule has 4 heterocycles. The Morgan fingerprint density at radius 1 is 1.31 bits per heavy atom. The average Bonchev–Trinajstić information content (AvgIpc) is 3.38. The number of amides is 1. The van der Waals surface area contributed by atoms with Gasteiger partial charge in [-0.25, -0.2) is 0 Å². The predicted molar refractivity (Wildman–Crippen MR) is 118 cm³/mol. The van der Waals surface area contributed by atoms with Crippen LogP contribution in [0.1, 0.15) is 37.7 Å². The minimum atomic E-state index is -0.372. The van der Waals surface area contributed by atoms with Crippen LogP contribution in [0.15, 0.2) is 24.5 Å². The molecule has 1 aromatic heterocycles. The molecule has 0 radical (unpaired) electrons. The molecule has 1 N–H and O–H groups in total. The normalized spacial score (nSPS) is 22.5. The Morgan fingerprint density at radius 3 is 2.62 bits per heavy atom. The SMILES string of the molecule is CN(CC(=O)N1CCC2(CC1)CC(CN1CCCC1)OC2=O)Cc1cccnc1.O=CO. The first-order valence-corrected chi connectivity index (χ1v) is 11.3. The number of piperidine rings is 1. The molecule has 32 heavy (non-hydrogen) atoms. The Morgan fingerprint density at radius 2 is 2.00 bits per heavy atom. The number of likely N-dealkylation sites (tertiary alicyclic amines) is 2.